The van der Waals surface area contributed by atoms with Gasteiger partial charge in [-0.2, -0.15) is 0 Å². The maximum atomic E-state index is 12.6. The average Bonchev–Trinajstić information content (AvgIpc) is 3.17. The van der Waals surface area contributed by atoms with Gasteiger partial charge in [0.1, 0.15) is 0 Å². The van der Waals surface area contributed by atoms with Crippen LogP contribution in [0, 0.1) is 5.92 Å². The molecule has 2 aromatic rings. The number of carboxylic acid groups (broad SMARTS) is 1. The monoisotopic (exact) mass is 460 g/mol. The van der Waals surface area contributed by atoms with Crippen LogP contribution in [-0.4, -0.2) is 51.6 Å². The molecule has 0 spiro atoms. The number of benzene rings is 1. The Morgan fingerprint density at radius 3 is 2.52 bits per heavy atom. The number of hydrogen-bond acceptors (Lipinski definition) is 5. The first-order chi connectivity index (χ1) is 14.9. The topological polar surface area (TPSA) is 70.5 Å². The summed E-state index contributed by atoms with van der Waals surface area (Å²) in [6.45, 7) is 2.09. The van der Waals surface area contributed by atoms with E-state index in [0.717, 1.165) is 74.2 Å². The van der Waals surface area contributed by atoms with Gasteiger partial charge in [0.05, 0.1) is 21.5 Å². The van der Waals surface area contributed by atoms with Gasteiger partial charge in [-0.25, -0.2) is 4.98 Å². The van der Waals surface area contributed by atoms with Crippen LogP contribution < -0.4 is 0 Å². The van der Waals surface area contributed by atoms with Gasteiger partial charge < -0.3 is 10.0 Å². The number of aliphatic carboxylic acids is 1. The quantitative estimate of drug-likeness (QED) is 0.676. The molecule has 4 rings (SSSR count). The lowest BCUT2D eigenvalue weighted by atomic mass is 9.80. The largest absolute Gasteiger partial charge is 0.481 e. The molecule has 0 bridgehead atoms. The molecule has 1 aromatic heterocycles. The third-order valence-electron chi connectivity index (χ3n) is 6.90. The smallest absolute Gasteiger partial charge is 0.303 e. The van der Waals surface area contributed by atoms with Gasteiger partial charge in [0, 0.05) is 47.5 Å². The Hall–Kier alpha value is -1.57. The van der Waals surface area contributed by atoms with Crippen molar-refractivity contribution in [2.45, 2.75) is 62.2 Å². The first kappa shape index (κ1) is 22.6. The Balaban J connectivity index is 1.52. The molecule has 0 saturated heterocycles. The van der Waals surface area contributed by atoms with Gasteiger partial charge in [-0.05, 0) is 81.2 Å². The molecule has 1 N–H and O–H groups in total. The Morgan fingerprint density at radius 2 is 1.87 bits per heavy atom. The molecule has 5 nitrogen and oxygen atoms in total. The van der Waals surface area contributed by atoms with E-state index in [4.69, 9.17) is 10.1 Å². The molecule has 1 aliphatic heterocycles. The van der Waals surface area contributed by atoms with Crippen molar-refractivity contribution >= 4 is 28.1 Å². The molecule has 1 aromatic carbocycles. The van der Waals surface area contributed by atoms with Gasteiger partial charge >= 0.3 is 5.97 Å². The highest BCUT2D eigenvalue weighted by Gasteiger charge is 2.26. The van der Waals surface area contributed by atoms with E-state index >= 15 is 0 Å². The second-order valence-electron chi connectivity index (χ2n) is 9.10. The summed E-state index contributed by atoms with van der Waals surface area (Å²) in [6, 6.07) is 4.40. The highest BCUT2D eigenvalue weighted by atomic mass is 32.2. The van der Waals surface area contributed by atoms with Gasteiger partial charge in [0.15, 0.2) is 0 Å². The zero-order valence-electron chi connectivity index (χ0n) is 18.4. The highest BCUT2D eigenvalue weighted by Crippen LogP contribution is 2.40. The van der Waals surface area contributed by atoms with Gasteiger partial charge in [-0.3, -0.25) is 9.00 Å². The van der Waals surface area contributed by atoms with E-state index in [1.165, 1.54) is 16.1 Å². The number of aromatic nitrogens is 1. The van der Waals surface area contributed by atoms with Gasteiger partial charge in [-0.1, -0.05) is 0 Å². The van der Waals surface area contributed by atoms with Gasteiger partial charge in [-0.15, -0.1) is 11.3 Å². The molecule has 31 heavy (non-hydrogen) atoms. The first-order valence-corrected chi connectivity index (χ1v) is 13.7. The third-order valence-corrected chi connectivity index (χ3v) is 8.86. The molecule has 0 radical (unpaired) electrons. The minimum atomic E-state index is -1.06. The van der Waals surface area contributed by atoms with Crippen LogP contribution in [0.4, 0.5) is 0 Å². The summed E-state index contributed by atoms with van der Waals surface area (Å²) in [5.41, 5.74) is 4.68. The predicted octanol–water partition coefficient (Wildman–Crippen LogP) is 4.72. The van der Waals surface area contributed by atoms with Crippen LogP contribution in [0.3, 0.4) is 0 Å². The fraction of sp³-hybridized carbons (Fsp3) is 0.583. The molecule has 1 atom stereocenters. The molecule has 2 aliphatic rings. The fourth-order valence-corrected chi connectivity index (χ4v) is 6.70. The average molecular weight is 461 g/mol. The second-order valence-corrected chi connectivity index (χ2v) is 11.3. The Bertz CT molecular complexity index is 964. The van der Waals surface area contributed by atoms with Crippen LogP contribution >= 0.6 is 11.3 Å². The van der Waals surface area contributed by atoms with E-state index in [-0.39, 0.29) is 6.42 Å². The lowest BCUT2D eigenvalue weighted by Crippen LogP contribution is -2.20. The van der Waals surface area contributed by atoms with Crippen LogP contribution in [0.5, 0.6) is 0 Å². The Kier molecular flexibility index (Phi) is 7.24. The molecular formula is C24H32N2O3S2. The first-order valence-electron chi connectivity index (χ1n) is 11.3. The van der Waals surface area contributed by atoms with Crippen molar-refractivity contribution in [2.24, 2.45) is 5.92 Å². The number of nitrogens with zero attached hydrogens (tertiary/aromatic N) is 2. The van der Waals surface area contributed by atoms with Crippen molar-refractivity contribution < 1.29 is 14.1 Å². The van der Waals surface area contributed by atoms with E-state index < -0.39 is 16.8 Å². The lowest BCUT2D eigenvalue weighted by Gasteiger charge is -2.26. The number of likely N-dealkylation sites (N-methyl/N-ethyl adjacent to an activating group) is 1. The summed E-state index contributed by atoms with van der Waals surface area (Å²) in [4.78, 5) is 19.1. The molecule has 1 aliphatic carbocycles. The molecule has 2 heterocycles. The number of thiazole rings is 1. The summed E-state index contributed by atoms with van der Waals surface area (Å²) in [7, 11) is 1.10. The lowest BCUT2D eigenvalue weighted by molar-refractivity contribution is -0.137. The predicted molar refractivity (Wildman–Crippen MR) is 126 cm³/mol. The molecule has 0 amide bonds. The standard InChI is InChI=1S/C24H32N2O3S2/c1-26-11-9-18-13-20(22(31(2)29)14-19(18)10-12-26)21-15-30-24(25-21)17-6-3-16(4-7-17)5-8-23(27)28/h13-17H,3-12H2,1-2H3,(H,27,28). The fourth-order valence-electron chi connectivity index (χ4n) is 4.93. The van der Waals surface area contributed by atoms with Crippen LogP contribution in [0.15, 0.2) is 22.4 Å². The molecule has 1 unspecified atom stereocenters. The maximum absolute atomic E-state index is 12.6. The van der Waals surface area contributed by atoms with Crippen molar-refractivity contribution in [3.8, 4) is 11.3 Å². The van der Waals surface area contributed by atoms with Gasteiger partial charge in [0.2, 0.25) is 0 Å². The van der Waals surface area contributed by atoms with Crippen molar-refractivity contribution in [3.63, 3.8) is 0 Å². The molecular weight excluding hydrogens is 428 g/mol. The number of carboxylic acids is 1. The summed E-state index contributed by atoms with van der Waals surface area (Å²) in [5, 5.41) is 12.2. The minimum absolute atomic E-state index is 0.280. The zero-order valence-corrected chi connectivity index (χ0v) is 20.1. The molecule has 1 saturated carbocycles. The molecule has 7 heteroatoms. The Morgan fingerprint density at radius 1 is 1.19 bits per heavy atom. The summed E-state index contributed by atoms with van der Waals surface area (Å²) < 4.78 is 12.6. The molecule has 1 fully saturated rings. The van der Waals surface area contributed by atoms with Crippen LogP contribution in [0.2, 0.25) is 0 Å². The molecule has 168 valence electrons. The van der Waals surface area contributed by atoms with E-state index in [1.807, 2.05) is 0 Å². The maximum Gasteiger partial charge on any atom is 0.303 e. The summed E-state index contributed by atoms with van der Waals surface area (Å²) in [6.07, 6.45) is 9.20. The number of fused-ring (bicyclic) bond motifs is 1. The number of hydrogen-bond donors (Lipinski definition) is 1. The van der Waals surface area contributed by atoms with Crippen LogP contribution in [0.1, 0.15) is 60.6 Å². The zero-order chi connectivity index (χ0) is 22.0. The number of rotatable bonds is 6. The second kappa shape index (κ2) is 9.92. The van der Waals surface area contributed by atoms with Crippen molar-refractivity contribution in [2.75, 3.05) is 26.4 Å². The minimum Gasteiger partial charge on any atom is -0.481 e. The normalized spacial score (nSPS) is 23.2. The van der Waals surface area contributed by atoms with Crippen molar-refractivity contribution in [3.05, 3.63) is 33.6 Å². The SMILES string of the molecule is CN1CCc2cc(-c3csc(C4CCC(CCC(=O)O)CC4)n3)c(S(C)=O)cc2CC1. The van der Waals surface area contributed by atoms with Crippen LogP contribution in [0.25, 0.3) is 11.3 Å². The third kappa shape index (κ3) is 5.44. The van der Waals surface area contributed by atoms with Crippen LogP contribution in [-0.2, 0) is 28.4 Å². The Labute approximate surface area is 191 Å². The summed E-state index contributed by atoms with van der Waals surface area (Å²) >= 11 is 1.72. The summed E-state index contributed by atoms with van der Waals surface area (Å²) in [5.74, 6) is 0.302. The van der Waals surface area contributed by atoms with Crippen molar-refractivity contribution in [1.29, 1.82) is 0 Å². The van der Waals surface area contributed by atoms with E-state index in [1.54, 1.807) is 17.6 Å². The van der Waals surface area contributed by atoms with Crippen molar-refractivity contribution in [1.82, 2.24) is 9.88 Å². The van der Waals surface area contributed by atoms with E-state index in [9.17, 15) is 9.00 Å². The highest BCUT2D eigenvalue weighted by molar-refractivity contribution is 7.84. The van der Waals surface area contributed by atoms with Gasteiger partial charge in [0.25, 0.3) is 0 Å². The van der Waals surface area contributed by atoms with E-state index in [2.05, 4.69) is 29.5 Å². The van der Waals surface area contributed by atoms with E-state index in [0.29, 0.717) is 11.8 Å². The number of carbonyl (C=O) groups is 1.